The lowest BCUT2D eigenvalue weighted by Gasteiger charge is -1.96. The Morgan fingerprint density at radius 3 is 2.79 bits per heavy atom. The molecule has 0 aliphatic rings. The molecule has 0 spiro atoms. The summed E-state index contributed by atoms with van der Waals surface area (Å²) in [6, 6.07) is 0. The van der Waals surface area contributed by atoms with Gasteiger partial charge in [0.05, 0.1) is 17.5 Å². The van der Waals surface area contributed by atoms with Crippen LogP contribution in [0.1, 0.15) is 25.5 Å². The number of nitrogen functional groups attached to an aromatic ring is 1. The Hall–Kier alpha value is -1.36. The third kappa shape index (κ3) is 1.50. The number of anilines is 1. The first-order valence-corrected chi connectivity index (χ1v) is 5.31. The number of aromatic nitrogens is 3. The smallest absolute Gasteiger partial charge is 0.129 e. The van der Waals surface area contributed by atoms with Gasteiger partial charge in [-0.25, -0.2) is 4.98 Å². The van der Waals surface area contributed by atoms with Gasteiger partial charge in [-0.3, -0.25) is 5.10 Å². The van der Waals surface area contributed by atoms with Crippen molar-refractivity contribution in [2.24, 2.45) is 0 Å². The van der Waals surface area contributed by atoms with Crippen molar-refractivity contribution in [2.75, 3.05) is 5.73 Å². The van der Waals surface area contributed by atoms with E-state index in [0.29, 0.717) is 11.7 Å². The van der Waals surface area contributed by atoms with E-state index in [4.69, 9.17) is 5.73 Å². The maximum Gasteiger partial charge on any atom is 0.129 e. The number of nitrogens with zero attached hydrogens (tertiary/aromatic N) is 2. The summed E-state index contributed by atoms with van der Waals surface area (Å²) < 4.78 is 0. The molecule has 74 valence electrons. The van der Waals surface area contributed by atoms with E-state index >= 15 is 0 Å². The van der Waals surface area contributed by atoms with Crippen molar-refractivity contribution in [3.63, 3.8) is 0 Å². The topological polar surface area (TPSA) is 67.6 Å². The largest absolute Gasteiger partial charge is 0.383 e. The van der Waals surface area contributed by atoms with Gasteiger partial charge < -0.3 is 5.73 Å². The lowest BCUT2D eigenvalue weighted by atomic mass is 10.2. The molecule has 2 aromatic heterocycles. The molecule has 3 N–H and O–H groups in total. The number of hydrogen-bond acceptors (Lipinski definition) is 4. The highest BCUT2D eigenvalue weighted by Crippen LogP contribution is 2.29. The Morgan fingerprint density at radius 1 is 1.50 bits per heavy atom. The lowest BCUT2D eigenvalue weighted by molar-refractivity contribution is 0.834. The summed E-state index contributed by atoms with van der Waals surface area (Å²) >= 11 is 1.60. The van der Waals surface area contributed by atoms with E-state index in [0.717, 1.165) is 16.3 Å². The summed E-state index contributed by atoms with van der Waals surface area (Å²) in [6.45, 7) is 4.25. The van der Waals surface area contributed by atoms with Crippen LogP contribution in [-0.2, 0) is 0 Å². The first kappa shape index (κ1) is 9.21. The average molecular weight is 208 g/mol. The van der Waals surface area contributed by atoms with Gasteiger partial charge in [0.25, 0.3) is 0 Å². The molecular formula is C9H12N4S. The summed E-state index contributed by atoms with van der Waals surface area (Å²) in [4.78, 5) is 4.49. The molecule has 14 heavy (non-hydrogen) atoms. The van der Waals surface area contributed by atoms with Crippen LogP contribution in [0.4, 0.5) is 5.82 Å². The van der Waals surface area contributed by atoms with Crippen LogP contribution in [0, 0.1) is 0 Å². The molecule has 0 aliphatic heterocycles. The lowest BCUT2D eigenvalue weighted by Crippen LogP contribution is -1.89. The number of aromatic amines is 1. The zero-order valence-electron chi connectivity index (χ0n) is 8.11. The monoisotopic (exact) mass is 208 g/mol. The van der Waals surface area contributed by atoms with Gasteiger partial charge in [-0.05, 0) is 5.92 Å². The summed E-state index contributed by atoms with van der Waals surface area (Å²) in [5.41, 5.74) is 7.70. The number of H-pyrrole nitrogens is 1. The zero-order chi connectivity index (χ0) is 10.1. The number of thiazole rings is 1. The molecule has 0 bridgehead atoms. The van der Waals surface area contributed by atoms with Crippen LogP contribution in [0.3, 0.4) is 0 Å². The SMILES string of the molecule is CC(C)c1csc(-c2cn[nH]c2N)n1. The van der Waals surface area contributed by atoms with Crippen LogP contribution < -0.4 is 5.73 Å². The molecule has 0 aromatic carbocycles. The van der Waals surface area contributed by atoms with Crippen LogP contribution >= 0.6 is 11.3 Å². The maximum atomic E-state index is 5.71. The van der Waals surface area contributed by atoms with Crippen molar-refractivity contribution < 1.29 is 0 Å². The van der Waals surface area contributed by atoms with Crippen LogP contribution in [0.5, 0.6) is 0 Å². The van der Waals surface area contributed by atoms with Gasteiger partial charge in [0.2, 0.25) is 0 Å². The second-order valence-electron chi connectivity index (χ2n) is 3.43. The summed E-state index contributed by atoms with van der Waals surface area (Å²) in [5.74, 6) is 1.03. The Labute approximate surface area is 86.2 Å². The Balaban J connectivity index is 2.39. The van der Waals surface area contributed by atoms with Gasteiger partial charge in [-0.2, -0.15) is 5.10 Å². The van der Waals surface area contributed by atoms with E-state index in [1.807, 2.05) is 0 Å². The number of nitrogens with two attached hydrogens (primary N) is 1. The molecule has 0 aliphatic carbocycles. The Bertz CT molecular complexity index is 429. The number of nitrogens with one attached hydrogen (secondary N) is 1. The molecule has 0 saturated carbocycles. The molecule has 2 aromatic rings. The number of rotatable bonds is 2. The fourth-order valence-corrected chi connectivity index (χ4v) is 2.15. The van der Waals surface area contributed by atoms with Gasteiger partial charge in [0.15, 0.2) is 0 Å². The van der Waals surface area contributed by atoms with E-state index in [9.17, 15) is 0 Å². The van der Waals surface area contributed by atoms with Crippen molar-refractivity contribution in [2.45, 2.75) is 19.8 Å². The molecule has 0 atom stereocenters. The van der Waals surface area contributed by atoms with Crippen LogP contribution in [-0.4, -0.2) is 15.2 Å². The highest BCUT2D eigenvalue weighted by molar-refractivity contribution is 7.13. The molecule has 5 heteroatoms. The molecule has 0 amide bonds. The molecule has 2 heterocycles. The van der Waals surface area contributed by atoms with Gasteiger partial charge in [0, 0.05) is 5.38 Å². The van der Waals surface area contributed by atoms with E-state index < -0.39 is 0 Å². The van der Waals surface area contributed by atoms with E-state index in [2.05, 4.69) is 34.4 Å². The third-order valence-electron chi connectivity index (χ3n) is 2.01. The van der Waals surface area contributed by atoms with Gasteiger partial charge in [-0.1, -0.05) is 13.8 Å². The standard InChI is InChI=1S/C9H12N4S/c1-5(2)7-4-14-9(12-7)6-3-11-13-8(6)10/h3-5H,1-2H3,(H3,10,11,13). The third-order valence-corrected chi connectivity index (χ3v) is 2.91. The van der Waals surface area contributed by atoms with Gasteiger partial charge in [-0.15, -0.1) is 11.3 Å². The molecular weight excluding hydrogens is 196 g/mol. The second-order valence-corrected chi connectivity index (χ2v) is 4.29. The normalized spacial score (nSPS) is 11.1. The molecule has 2 rings (SSSR count). The van der Waals surface area contributed by atoms with Crippen molar-refractivity contribution >= 4 is 17.2 Å². The Morgan fingerprint density at radius 2 is 2.29 bits per heavy atom. The predicted molar refractivity (Wildman–Crippen MR) is 58.2 cm³/mol. The minimum atomic E-state index is 0.452. The van der Waals surface area contributed by atoms with E-state index in [1.165, 1.54) is 0 Å². The molecule has 0 saturated heterocycles. The minimum Gasteiger partial charge on any atom is -0.383 e. The zero-order valence-corrected chi connectivity index (χ0v) is 8.93. The van der Waals surface area contributed by atoms with E-state index in [1.54, 1.807) is 17.5 Å². The van der Waals surface area contributed by atoms with Crippen molar-refractivity contribution in [1.29, 1.82) is 0 Å². The maximum absolute atomic E-state index is 5.71. The van der Waals surface area contributed by atoms with Crippen LogP contribution in [0.2, 0.25) is 0 Å². The summed E-state index contributed by atoms with van der Waals surface area (Å²) in [6.07, 6.45) is 1.71. The van der Waals surface area contributed by atoms with Crippen molar-refractivity contribution in [1.82, 2.24) is 15.2 Å². The van der Waals surface area contributed by atoms with Crippen LogP contribution in [0.25, 0.3) is 10.6 Å². The van der Waals surface area contributed by atoms with Gasteiger partial charge in [0.1, 0.15) is 10.8 Å². The molecule has 0 fully saturated rings. The summed E-state index contributed by atoms with van der Waals surface area (Å²) in [7, 11) is 0. The van der Waals surface area contributed by atoms with Crippen molar-refractivity contribution in [3.05, 3.63) is 17.3 Å². The molecule has 4 nitrogen and oxygen atoms in total. The fraction of sp³-hybridized carbons (Fsp3) is 0.333. The minimum absolute atomic E-state index is 0.452. The summed E-state index contributed by atoms with van der Waals surface area (Å²) in [5, 5.41) is 9.56. The first-order chi connectivity index (χ1) is 6.68. The highest BCUT2D eigenvalue weighted by Gasteiger charge is 2.10. The van der Waals surface area contributed by atoms with Crippen LogP contribution in [0.15, 0.2) is 11.6 Å². The average Bonchev–Trinajstić information content (AvgIpc) is 2.71. The van der Waals surface area contributed by atoms with Gasteiger partial charge >= 0.3 is 0 Å². The van der Waals surface area contributed by atoms with E-state index in [-0.39, 0.29) is 0 Å². The quantitative estimate of drug-likeness (QED) is 0.795. The number of hydrogen-bond donors (Lipinski definition) is 2. The highest BCUT2D eigenvalue weighted by atomic mass is 32.1. The fourth-order valence-electron chi connectivity index (χ4n) is 1.14. The second kappa shape index (κ2) is 3.42. The molecule has 0 radical (unpaired) electrons. The van der Waals surface area contributed by atoms with Crippen molar-refractivity contribution in [3.8, 4) is 10.6 Å². The predicted octanol–water partition coefficient (Wildman–Crippen LogP) is 2.24. The first-order valence-electron chi connectivity index (χ1n) is 4.43. The molecule has 0 unspecified atom stereocenters. The Kier molecular flexibility index (Phi) is 2.25.